The number of carbonyl (C=O) groups excluding carboxylic acids is 1. The number of carbonyl (C=O) groups is 1. The Morgan fingerprint density at radius 3 is 2.64 bits per heavy atom. The molecule has 3 rings (SSSR count). The van der Waals surface area contributed by atoms with Gasteiger partial charge in [0.05, 0.1) is 4.90 Å². The van der Waals surface area contributed by atoms with Gasteiger partial charge in [0, 0.05) is 31.2 Å². The summed E-state index contributed by atoms with van der Waals surface area (Å²) in [5, 5.41) is 6.29. The first-order chi connectivity index (χ1) is 12.0. The number of nitrogens with one attached hydrogen (secondary N) is 2. The maximum absolute atomic E-state index is 12.8. The molecule has 0 bridgehead atoms. The first-order valence-corrected chi connectivity index (χ1v) is 10.5. The van der Waals surface area contributed by atoms with Gasteiger partial charge in [0.15, 0.2) is 0 Å². The second-order valence-electron chi connectivity index (χ2n) is 6.96. The highest BCUT2D eigenvalue weighted by Crippen LogP contribution is 2.23. The molecule has 0 unspecified atom stereocenters. The number of amides is 1. The Hall–Kier alpha value is -1.44. The second-order valence-corrected chi connectivity index (χ2v) is 8.90. The minimum absolute atomic E-state index is 0.100. The molecule has 1 atom stereocenters. The molecule has 2 heterocycles. The molecule has 6 nitrogen and oxygen atoms in total. The van der Waals surface area contributed by atoms with Crippen molar-refractivity contribution >= 4 is 15.9 Å². The highest BCUT2D eigenvalue weighted by Gasteiger charge is 2.27. The lowest BCUT2D eigenvalue weighted by Crippen LogP contribution is -2.45. The van der Waals surface area contributed by atoms with E-state index in [0.717, 1.165) is 50.8 Å². The van der Waals surface area contributed by atoms with E-state index in [2.05, 4.69) is 10.6 Å². The van der Waals surface area contributed by atoms with Crippen LogP contribution in [0.4, 0.5) is 0 Å². The second kappa shape index (κ2) is 7.85. The molecule has 2 N–H and O–H groups in total. The number of sulfonamides is 1. The van der Waals surface area contributed by atoms with Gasteiger partial charge >= 0.3 is 0 Å². The molecule has 0 saturated carbocycles. The average Bonchev–Trinajstić information content (AvgIpc) is 2.63. The average molecular weight is 365 g/mol. The van der Waals surface area contributed by atoms with Crippen LogP contribution in [0.3, 0.4) is 0 Å². The van der Waals surface area contributed by atoms with Gasteiger partial charge in [-0.15, -0.1) is 0 Å². The summed E-state index contributed by atoms with van der Waals surface area (Å²) in [6.07, 6.45) is 4.85. The van der Waals surface area contributed by atoms with E-state index < -0.39 is 10.0 Å². The van der Waals surface area contributed by atoms with Crippen molar-refractivity contribution in [1.29, 1.82) is 0 Å². The normalized spacial score (nSPS) is 22.5. The fraction of sp³-hybridized carbons (Fsp3) is 0.611. The van der Waals surface area contributed by atoms with Crippen molar-refractivity contribution in [3.05, 3.63) is 29.3 Å². The molecule has 2 saturated heterocycles. The molecule has 0 radical (unpaired) electrons. The molecule has 0 aromatic heterocycles. The van der Waals surface area contributed by atoms with Crippen LogP contribution in [0.2, 0.25) is 0 Å². The Morgan fingerprint density at radius 2 is 1.96 bits per heavy atom. The van der Waals surface area contributed by atoms with E-state index in [1.165, 1.54) is 10.4 Å². The zero-order chi connectivity index (χ0) is 17.9. The number of hydrogen-bond acceptors (Lipinski definition) is 4. The molecule has 1 aromatic carbocycles. The van der Waals surface area contributed by atoms with Gasteiger partial charge < -0.3 is 10.6 Å². The maximum atomic E-state index is 12.8. The van der Waals surface area contributed by atoms with E-state index in [4.69, 9.17) is 0 Å². The summed E-state index contributed by atoms with van der Waals surface area (Å²) < 4.78 is 27.2. The van der Waals surface area contributed by atoms with Crippen molar-refractivity contribution in [2.24, 2.45) is 0 Å². The molecule has 0 spiro atoms. The Balaban J connectivity index is 1.80. The highest BCUT2D eigenvalue weighted by atomic mass is 32.2. The van der Waals surface area contributed by atoms with Gasteiger partial charge in [-0.3, -0.25) is 4.79 Å². The number of piperidine rings is 2. The van der Waals surface area contributed by atoms with Crippen LogP contribution >= 0.6 is 0 Å². The molecule has 1 amide bonds. The molecular weight excluding hydrogens is 338 g/mol. The third-order valence-electron chi connectivity index (χ3n) is 5.04. The molecule has 0 aliphatic carbocycles. The van der Waals surface area contributed by atoms with E-state index >= 15 is 0 Å². The summed E-state index contributed by atoms with van der Waals surface area (Å²) in [5.74, 6) is -0.193. The van der Waals surface area contributed by atoms with Crippen LogP contribution in [-0.2, 0) is 10.0 Å². The van der Waals surface area contributed by atoms with Crippen molar-refractivity contribution in [2.75, 3.05) is 26.2 Å². The Morgan fingerprint density at radius 1 is 1.20 bits per heavy atom. The molecule has 7 heteroatoms. The SMILES string of the molecule is Cc1ccc(S(=O)(=O)N2CCCCC2)cc1C(=O)N[C@H]1CCCNC1. The summed E-state index contributed by atoms with van der Waals surface area (Å²) >= 11 is 0. The van der Waals surface area contributed by atoms with Gasteiger partial charge in [0.1, 0.15) is 0 Å². The third kappa shape index (κ3) is 4.22. The summed E-state index contributed by atoms with van der Waals surface area (Å²) in [6, 6.07) is 4.97. The van der Waals surface area contributed by atoms with E-state index in [1.54, 1.807) is 12.1 Å². The molecule has 2 aliphatic rings. The van der Waals surface area contributed by atoms with Crippen molar-refractivity contribution in [3.8, 4) is 0 Å². The van der Waals surface area contributed by atoms with Crippen LogP contribution in [0, 0.1) is 6.92 Å². The fourth-order valence-corrected chi connectivity index (χ4v) is 5.04. The molecule has 2 aliphatic heterocycles. The van der Waals surface area contributed by atoms with E-state index in [0.29, 0.717) is 18.7 Å². The number of aryl methyl sites for hydroxylation is 1. The number of benzene rings is 1. The standard InChI is InChI=1S/C18H27N3O3S/c1-14-7-8-16(25(23,24)21-10-3-2-4-11-21)12-17(14)18(22)20-15-6-5-9-19-13-15/h7-8,12,15,19H,2-6,9-11,13H2,1H3,(H,20,22)/t15-/m0/s1. The summed E-state index contributed by atoms with van der Waals surface area (Å²) in [4.78, 5) is 12.9. The highest BCUT2D eigenvalue weighted by molar-refractivity contribution is 7.89. The van der Waals surface area contributed by atoms with Gasteiger partial charge in [-0.2, -0.15) is 4.31 Å². The molecule has 138 valence electrons. The van der Waals surface area contributed by atoms with E-state index in [9.17, 15) is 13.2 Å². The van der Waals surface area contributed by atoms with Crippen LogP contribution in [0.15, 0.2) is 23.1 Å². The first-order valence-electron chi connectivity index (χ1n) is 9.11. The lowest BCUT2D eigenvalue weighted by Gasteiger charge is -2.26. The molecule has 1 aromatic rings. The summed E-state index contributed by atoms with van der Waals surface area (Å²) in [5.41, 5.74) is 1.24. The van der Waals surface area contributed by atoms with Gasteiger partial charge in [-0.1, -0.05) is 12.5 Å². The van der Waals surface area contributed by atoms with E-state index in [1.807, 2.05) is 6.92 Å². The predicted octanol–water partition coefficient (Wildman–Crippen LogP) is 1.65. The van der Waals surface area contributed by atoms with Crippen LogP contribution in [0.25, 0.3) is 0 Å². The van der Waals surface area contributed by atoms with Crippen molar-refractivity contribution in [1.82, 2.24) is 14.9 Å². The van der Waals surface area contributed by atoms with Crippen LogP contribution in [0.5, 0.6) is 0 Å². The van der Waals surface area contributed by atoms with Crippen LogP contribution in [-0.4, -0.2) is 50.9 Å². The minimum Gasteiger partial charge on any atom is -0.348 e. The van der Waals surface area contributed by atoms with E-state index in [-0.39, 0.29) is 16.8 Å². The van der Waals surface area contributed by atoms with Gasteiger partial charge in [-0.05, 0) is 56.8 Å². The zero-order valence-corrected chi connectivity index (χ0v) is 15.6. The third-order valence-corrected chi connectivity index (χ3v) is 6.93. The number of nitrogens with zero attached hydrogens (tertiary/aromatic N) is 1. The lowest BCUT2D eigenvalue weighted by molar-refractivity contribution is 0.0930. The largest absolute Gasteiger partial charge is 0.348 e. The predicted molar refractivity (Wildman–Crippen MR) is 97.1 cm³/mol. The van der Waals surface area contributed by atoms with Gasteiger partial charge in [-0.25, -0.2) is 8.42 Å². The Bertz CT molecular complexity index is 721. The first kappa shape index (κ1) is 18.4. The number of rotatable bonds is 4. The molecule has 25 heavy (non-hydrogen) atoms. The van der Waals surface area contributed by atoms with Crippen LogP contribution < -0.4 is 10.6 Å². The van der Waals surface area contributed by atoms with Gasteiger partial charge in [0.2, 0.25) is 10.0 Å². The topological polar surface area (TPSA) is 78.5 Å². The molecular formula is C18H27N3O3S. The van der Waals surface area contributed by atoms with Crippen molar-refractivity contribution < 1.29 is 13.2 Å². The van der Waals surface area contributed by atoms with Crippen molar-refractivity contribution in [2.45, 2.75) is 50.0 Å². The fourth-order valence-electron chi connectivity index (χ4n) is 3.50. The monoisotopic (exact) mass is 365 g/mol. The Labute approximate surface area is 150 Å². The summed E-state index contributed by atoms with van der Waals surface area (Å²) in [7, 11) is -3.53. The van der Waals surface area contributed by atoms with Crippen LogP contribution in [0.1, 0.15) is 48.0 Å². The summed E-state index contributed by atoms with van der Waals surface area (Å²) in [6.45, 7) is 4.70. The van der Waals surface area contributed by atoms with Gasteiger partial charge in [0.25, 0.3) is 5.91 Å². The molecule has 2 fully saturated rings. The maximum Gasteiger partial charge on any atom is 0.251 e. The Kier molecular flexibility index (Phi) is 5.76. The quantitative estimate of drug-likeness (QED) is 0.850. The lowest BCUT2D eigenvalue weighted by atomic mass is 10.1. The number of hydrogen-bond donors (Lipinski definition) is 2. The van der Waals surface area contributed by atoms with Crippen molar-refractivity contribution in [3.63, 3.8) is 0 Å². The smallest absolute Gasteiger partial charge is 0.251 e. The minimum atomic E-state index is -3.53. The zero-order valence-electron chi connectivity index (χ0n) is 14.8.